The van der Waals surface area contributed by atoms with Crippen LogP contribution in [0.4, 0.5) is 0 Å². The van der Waals surface area contributed by atoms with Crippen molar-refractivity contribution < 1.29 is 9.59 Å². The van der Waals surface area contributed by atoms with Crippen LogP contribution < -0.4 is 5.32 Å². The lowest BCUT2D eigenvalue weighted by atomic mass is 9.49. The maximum Gasteiger partial charge on any atom is 0.242 e. The summed E-state index contributed by atoms with van der Waals surface area (Å²) in [6, 6.07) is 9.12. The molecule has 1 aromatic rings. The summed E-state index contributed by atoms with van der Waals surface area (Å²) >= 11 is 0. The van der Waals surface area contributed by atoms with E-state index in [-0.39, 0.29) is 29.8 Å². The van der Waals surface area contributed by atoms with Gasteiger partial charge in [0.25, 0.3) is 0 Å². The van der Waals surface area contributed by atoms with Gasteiger partial charge in [-0.2, -0.15) is 0 Å². The molecule has 0 aromatic heterocycles. The first-order valence-corrected chi connectivity index (χ1v) is 11.8. The predicted molar refractivity (Wildman–Crippen MR) is 111 cm³/mol. The van der Waals surface area contributed by atoms with Gasteiger partial charge in [0.1, 0.15) is 0 Å². The van der Waals surface area contributed by atoms with Crippen LogP contribution in [0, 0.1) is 23.2 Å². The number of hydrogen-bond donors (Lipinski definition) is 1. The van der Waals surface area contributed by atoms with Gasteiger partial charge in [-0.3, -0.25) is 9.59 Å². The average molecular weight is 393 g/mol. The minimum absolute atomic E-state index is 0.118. The summed E-state index contributed by atoms with van der Waals surface area (Å²) < 4.78 is 0. The maximum atomic E-state index is 13.3. The predicted octanol–water partition coefficient (Wildman–Crippen LogP) is 4.00. The van der Waals surface area contributed by atoms with E-state index in [9.17, 15) is 9.59 Å². The fraction of sp³-hybridized carbons (Fsp3) is 0.680. The Labute approximate surface area is 173 Å². The number of benzene rings is 1. The third kappa shape index (κ3) is 3.02. The zero-order chi connectivity index (χ0) is 19.6. The lowest BCUT2D eigenvalue weighted by molar-refractivity contribution is -0.148. The van der Waals surface area contributed by atoms with E-state index in [1.165, 1.54) is 30.4 Å². The lowest BCUT2D eigenvalue weighted by Crippen LogP contribution is -2.55. The van der Waals surface area contributed by atoms with Gasteiger partial charge >= 0.3 is 0 Å². The summed E-state index contributed by atoms with van der Waals surface area (Å²) in [6.45, 7) is 0.176. The summed E-state index contributed by atoms with van der Waals surface area (Å²) in [5, 5.41) is 3.12. The van der Waals surface area contributed by atoms with Crippen molar-refractivity contribution in [3.63, 3.8) is 0 Å². The number of fused-ring (bicyclic) bond motifs is 1. The van der Waals surface area contributed by atoms with Crippen LogP contribution in [0.1, 0.15) is 75.0 Å². The van der Waals surface area contributed by atoms with Crippen LogP contribution in [0.15, 0.2) is 24.3 Å². The van der Waals surface area contributed by atoms with E-state index < -0.39 is 0 Å². The van der Waals surface area contributed by atoms with Crippen LogP contribution in [-0.2, 0) is 16.0 Å². The Morgan fingerprint density at radius 1 is 0.966 bits per heavy atom. The molecule has 0 saturated heterocycles. The molecule has 5 fully saturated rings. The first-order valence-electron chi connectivity index (χ1n) is 11.8. The number of carbonyl (C=O) groups is 2. The number of rotatable bonds is 5. The minimum Gasteiger partial charge on any atom is -0.347 e. The molecule has 1 atom stereocenters. The average Bonchev–Trinajstić information content (AvgIpc) is 3.45. The molecule has 0 spiro atoms. The molecule has 154 valence electrons. The highest BCUT2D eigenvalue weighted by molar-refractivity contribution is 5.88. The highest BCUT2D eigenvalue weighted by atomic mass is 16.2. The summed E-state index contributed by atoms with van der Waals surface area (Å²) in [5.74, 6) is 2.54. The molecule has 2 amide bonds. The topological polar surface area (TPSA) is 49.4 Å². The van der Waals surface area contributed by atoms with Crippen LogP contribution >= 0.6 is 0 Å². The van der Waals surface area contributed by atoms with E-state index in [1.54, 1.807) is 0 Å². The molecule has 0 radical (unpaired) electrons. The molecule has 29 heavy (non-hydrogen) atoms. The SMILES string of the molecule is O=C(CNC(=O)C12CC3CC(CC(C3)C1)C2)N(C1CC1)C1CCc2ccccc21. The zero-order valence-electron chi connectivity index (χ0n) is 17.2. The molecule has 0 aliphatic heterocycles. The van der Waals surface area contributed by atoms with E-state index in [1.807, 2.05) is 0 Å². The number of hydrogen-bond acceptors (Lipinski definition) is 2. The van der Waals surface area contributed by atoms with Crippen molar-refractivity contribution >= 4 is 11.8 Å². The van der Waals surface area contributed by atoms with Crippen LogP contribution in [0.5, 0.6) is 0 Å². The molecule has 5 saturated carbocycles. The van der Waals surface area contributed by atoms with Crippen molar-refractivity contribution in [2.24, 2.45) is 23.2 Å². The Morgan fingerprint density at radius 2 is 1.62 bits per heavy atom. The Balaban J connectivity index is 1.15. The second-order valence-corrected chi connectivity index (χ2v) is 10.7. The largest absolute Gasteiger partial charge is 0.347 e. The molecule has 1 N–H and O–H groups in total. The Bertz CT molecular complexity index is 808. The molecule has 4 nitrogen and oxygen atoms in total. The zero-order valence-corrected chi connectivity index (χ0v) is 17.2. The number of nitrogens with zero attached hydrogens (tertiary/aromatic N) is 1. The molecule has 0 heterocycles. The second-order valence-electron chi connectivity index (χ2n) is 10.7. The van der Waals surface area contributed by atoms with Crippen molar-refractivity contribution in [3.8, 4) is 0 Å². The minimum atomic E-state index is -0.167. The van der Waals surface area contributed by atoms with Gasteiger partial charge in [-0.1, -0.05) is 24.3 Å². The van der Waals surface area contributed by atoms with E-state index in [0.717, 1.165) is 62.7 Å². The van der Waals surface area contributed by atoms with Crippen molar-refractivity contribution in [1.82, 2.24) is 10.2 Å². The summed E-state index contributed by atoms with van der Waals surface area (Å²) in [6.07, 6.45) is 11.5. The van der Waals surface area contributed by atoms with Gasteiger partial charge in [0.15, 0.2) is 0 Å². The number of nitrogens with one attached hydrogen (secondary N) is 1. The first-order chi connectivity index (χ1) is 14.1. The highest BCUT2D eigenvalue weighted by Gasteiger charge is 2.54. The van der Waals surface area contributed by atoms with E-state index in [4.69, 9.17) is 0 Å². The van der Waals surface area contributed by atoms with Gasteiger partial charge in [0.05, 0.1) is 12.6 Å². The van der Waals surface area contributed by atoms with Crippen molar-refractivity contribution in [2.75, 3.05) is 6.54 Å². The Morgan fingerprint density at radius 3 is 2.28 bits per heavy atom. The molecule has 7 rings (SSSR count). The maximum absolute atomic E-state index is 13.3. The second kappa shape index (κ2) is 6.58. The van der Waals surface area contributed by atoms with Gasteiger partial charge in [-0.25, -0.2) is 0 Å². The van der Waals surface area contributed by atoms with Crippen molar-refractivity contribution in [1.29, 1.82) is 0 Å². The normalized spacial score (nSPS) is 36.7. The molecule has 4 bridgehead atoms. The number of aryl methyl sites for hydroxylation is 1. The van der Waals surface area contributed by atoms with Crippen LogP contribution in [0.2, 0.25) is 0 Å². The Hall–Kier alpha value is -1.84. The van der Waals surface area contributed by atoms with E-state index in [2.05, 4.69) is 34.5 Å². The van der Waals surface area contributed by atoms with Gasteiger partial charge in [0.2, 0.25) is 11.8 Å². The summed E-state index contributed by atoms with van der Waals surface area (Å²) in [4.78, 5) is 28.6. The molecule has 4 heteroatoms. The molecule has 1 aromatic carbocycles. The first kappa shape index (κ1) is 18.0. The Kier molecular flexibility index (Phi) is 4.08. The number of amides is 2. The van der Waals surface area contributed by atoms with Crippen molar-refractivity contribution in [3.05, 3.63) is 35.4 Å². The van der Waals surface area contributed by atoms with E-state index in [0.29, 0.717) is 6.04 Å². The van der Waals surface area contributed by atoms with Gasteiger partial charge in [-0.05, 0) is 93.1 Å². The van der Waals surface area contributed by atoms with Crippen molar-refractivity contribution in [2.45, 2.75) is 76.3 Å². The third-order valence-electron chi connectivity index (χ3n) is 8.59. The third-order valence-corrected chi connectivity index (χ3v) is 8.59. The summed E-state index contributed by atoms with van der Waals surface area (Å²) in [5.41, 5.74) is 2.54. The van der Waals surface area contributed by atoms with E-state index >= 15 is 0 Å². The summed E-state index contributed by atoms with van der Waals surface area (Å²) in [7, 11) is 0. The van der Waals surface area contributed by atoms with Gasteiger partial charge in [-0.15, -0.1) is 0 Å². The van der Waals surface area contributed by atoms with Gasteiger partial charge in [0, 0.05) is 11.5 Å². The smallest absolute Gasteiger partial charge is 0.242 e. The van der Waals surface area contributed by atoms with Gasteiger partial charge < -0.3 is 10.2 Å². The molecular weight excluding hydrogens is 360 g/mol. The highest BCUT2D eigenvalue weighted by Crippen LogP contribution is 2.60. The fourth-order valence-corrected chi connectivity index (χ4v) is 7.63. The van der Waals surface area contributed by atoms with Crippen LogP contribution in [0.25, 0.3) is 0 Å². The number of carbonyl (C=O) groups excluding carboxylic acids is 2. The molecule has 6 aliphatic carbocycles. The molecule has 6 aliphatic rings. The molecular formula is C25H32N2O2. The monoisotopic (exact) mass is 392 g/mol. The van der Waals surface area contributed by atoms with Crippen LogP contribution in [-0.4, -0.2) is 29.3 Å². The fourth-order valence-electron chi connectivity index (χ4n) is 7.63. The quantitative estimate of drug-likeness (QED) is 0.823. The lowest BCUT2D eigenvalue weighted by Gasteiger charge is -2.55. The molecule has 1 unspecified atom stereocenters. The standard InChI is InChI=1S/C25H32N2O2/c28-23(27(20-6-7-20)22-8-5-19-3-1-2-4-21(19)22)15-26-24(29)25-12-16-9-17(13-25)11-18(10-16)14-25/h1-4,16-18,20,22H,5-15H2,(H,26,29). The van der Waals surface area contributed by atoms with Crippen LogP contribution in [0.3, 0.4) is 0 Å².